The Kier molecular flexibility index (Phi) is 5.57. The normalized spacial score (nSPS) is 10.9. The van der Waals surface area contributed by atoms with E-state index in [2.05, 4.69) is 49.5 Å². The highest BCUT2D eigenvalue weighted by Crippen LogP contribution is 2.27. The van der Waals surface area contributed by atoms with Crippen molar-refractivity contribution < 1.29 is 9.53 Å². The summed E-state index contributed by atoms with van der Waals surface area (Å²) in [6.07, 6.45) is 0. The van der Waals surface area contributed by atoms with E-state index >= 15 is 0 Å². The summed E-state index contributed by atoms with van der Waals surface area (Å²) in [6, 6.07) is 20.5. The summed E-state index contributed by atoms with van der Waals surface area (Å²) in [7, 11) is 0. The second-order valence-electron chi connectivity index (χ2n) is 6.90. The molecule has 0 aromatic heterocycles. The van der Waals surface area contributed by atoms with E-state index in [0.717, 1.165) is 27.8 Å². The second kappa shape index (κ2) is 8.05. The van der Waals surface area contributed by atoms with Gasteiger partial charge in [-0.25, -0.2) is 0 Å². The lowest BCUT2D eigenvalue weighted by molar-refractivity contribution is -0.123. The van der Waals surface area contributed by atoms with Crippen LogP contribution in [0.15, 0.2) is 60.7 Å². The molecule has 0 aliphatic rings. The van der Waals surface area contributed by atoms with E-state index in [1.54, 1.807) is 0 Å². The molecule has 0 spiro atoms. The third-order valence-electron chi connectivity index (χ3n) is 4.51. The van der Waals surface area contributed by atoms with E-state index in [9.17, 15) is 4.79 Å². The predicted molar refractivity (Wildman–Crippen MR) is 107 cm³/mol. The number of nitrogens with one attached hydrogen (secondary N) is 1. The molecule has 134 valence electrons. The van der Waals surface area contributed by atoms with Gasteiger partial charge in [-0.1, -0.05) is 68.4 Å². The predicted octanol–water partition coefficient (Wildman–Crippen LogP) is 4.97. The zero-order chi connectivity index (χ0) is 18.5. The number of fused-ring (bicyclic) bond motifs is 1. The van der Waals surface area contributed by atoms with Crippen LogP contribution in [-0.4, -0.2) is 12.5 Å². The van der Waals surface area contributed by atoms with Crippen molar-refractivity contribution in [3.05, 3.63) is 77.4 Å². The van der Waals surface area contributed by atoms with Gasteiger partial charge in [-0.2, -0.15) is 0 Å². The molecule has 1 amide bonds. The average molecular weight is 347 g/mol. The molecule has 1 N–H and O–H groups in total. The van der Waals surface area contributed by atoms with Gasteiger partial charge in [-0.15, -0.1) is 0 Å². The molecule has 0 fully saturated rings. The van der Waals surface area contributed by atoms with Crippen molar-refractivity contribution in [2.24, 2.45) is 0 Å². The molecule has 26 heavy (non-hydrogen) atoms. The van der Waals surface area contributed by atoms with Crippen molar-refractivity contribution in [3.8, 4) is 5.75 Å². The number of amides is 1. The maximum atomic E-state index is 12.3. The van der Waals surface area contributed by atoms with E-state index in [0.29, 0.717) is 12.5 Å². The van der Waals surface area contributed by atoms with E-state index in [-0.39, 0.29) is 12.5 Å². The maximum Gasteiger partial charge on any atom is 0.258 e. The van der Waals surface area contributed by atoms with E-state index in [1.807, 2.05) is 37.3 Å². The van der Waals surface area contributed by atoms with Gasteiger partial charge in [0.25, 0.3) is 5.91 Å². The van der Waals surface area contributed by atoms with Gasteiger partial charge in [0.05, 0.1) is 0 Å². The fourth-order valence-corrected chi connectivity index (χ4v) is 3.08. The SMILES string of the molecule is Cc1ccc(C(C)C)c(OCC(=O)NCc2cccc3ccccc23)c1. The van der Waals surface area contributed by atoms with Crippen LogP contribution < -0.4 is 10.1 Å². The Bertz CT molecular complexity index is 910. The molecular formula is C23H25NO2. The Labute approximate surface area is 155 Å². The number of benzene rings is 3. The number of rotatable bonds is 6. The first-order chi connectivity index (χ1) is 12.5. The highest BCUT2D eigenvalue weighted by Gasteiger charge is 2.10. The van der Waals surface area contributed by atoms with Gasteiger partial charge >= 0.3 is 0 Å². The Balaban J connectivity index is 1.62. The molecule has 0 aliphatic heterocycles. The zero-order valence-electron chi connectivity index (χ0n) is 15.6. The van der Waals surface area contributed by atoms with Crippen molar-refractivity contribution in [3.63, 3.8) is 0 Å². The van der Waals surface area contributed by atoms with Crippen LogP contribution in [0.1, 0.15) is 36.5 Å². The zero-order valence-corrected chi connectivity index (χ0v) is 15.6. The third-order valence-corrected chi connectivity index (χ3v) is 4.51. The van der Waals surface area contributed by atoms with E-state index in [4.69, 9.17) is 4.74 Å². The van der Waals surface area contributed by atoms with Crippen LogP contribution in [-0.2, 0) is 11.3 Å². The number of aryl methyl sites for hydroxylation is 1. The van der Waals surface area contributed by atoms with Gasteiger partial charge in [0.15, 0.2) is 6.61 Å². The number of carbonyl (C=O) groups is 1. The standard InChI is InChI=1S/C23H25NO2/c1-16(2)20-12-11-17(3)13-22(20)26-15-23(25)24-14-19-9-6-8-18-7-4-5-10-21(18)19/h4-13,16H,14-15H2,1-3H3,(H,24,25). The van der Waals surface area contributed by atoms with E-state index < -0.39 is 0 Å². The first-order valence-electron chi connectivity index (χ1n) is 9.01. The van der Waals surface area contributed by atoms with Crippen molar-refractivity contribution in [2.45, 2.75) is 33.2 Å². The minimum atomic E-state index is -0.117. The smallest absolute Gasteiger partial charge is 0.258 e. The molecule has 3 heteroatoms. The molecule has 0 unspecified atom stereocenters. The fraction of sp³-hybridized carbons (Fsp3) is 0.261. The molecule has 0 saturated carbocycles. The van der Waals surface area contributed by atoms with Crippen LogP contribution in [0.5, 0.6) is 5.75 Å². The first-order valence-corrected chi connectivity index (χ1v) is 9.01. The van der Waals surface area contributed by atoms with Crippen LogP contribution in [0.4, 0.5) is 0 Å². The van der Waals surface area contributed by atoms with Crippen LogP contribution in [0.2, 0.25) is 0 Å². The molecule has 0 heterocycles. The summed E-state index contributed by atoms with van der Waals surface area (Å²) < 4.78 is 5.80. The number of hydrogen-bond acceptors (Lipinski definition) is 2. The number of carbonyl (C=O) groups excluding carboxylic acids is 1. The van der Waals surface area contributed by atoms with Crippen molar-refractivity contribution in [2.75, 3.05) is 6.61 Å². The quantitative estimate of drug-likeness (QED) is 0.684. The van der Waals surface area contributed by atoms with Crippen LogP contribution in [0, 0.1) is 6.92 Å². The maximum absolute atomic E-state index is 12.3. The van der Waals surface area contributed by atoms with E-state index in [1.165, 1.54) is 5.39 Å². The van der Waals surface area contributed by atoms with Gasteiger partial charge in [-0.05, 0) is 46.4 Å². The lowest BCUT2D eigenvalue weighted by Gasteiger charge is -2.15. The average Bonchev–Trinajstić information content (AvgIpc) is 2.64. The fourth-order valence-electron chi connectivity index (χ4n) is 3.08. The van der Waals surface area contributed by atoms with Gasteiger partial charge < -0.3 is 10.1 Å². The molecule has 0 saturated heterocycles. The molecule has 0 bridgehead atoms. The lowest BCUT2D eigenvalue weighted by atomic mass is 10.0. The Morgan fingerprint density at radius 2 is 1.81 bits per heavy atom. The Hall–Kier alpha value is -2.81. The van der Waals surface area contributed by atoms with Gasteiger partial charge in [-0.3, -0.25) is 4.79 Å². The number of hydrogen-bond donors (Lipinski definition) is 1. The van der Waals surface area contributed by atoms with Crippen LogP contribution >= 0.6 is 0 Å². The van der Waals surface area contributed by atoms with Gasteiger partial charge in [0.2, 0.25) is 0 Å². The topological polar surface area (TPSA) is 38.3 Å². The van der Waals surface area contributed by atoms with Crippen molar-refractivity contribution in [1.29, 1.82) is 0 Å². The molecule has 3 aromatic rings. The Morgan fingerprint density at radius 1 is 1.04 bits per heavy atom. The molecule has 3 nitrogen and oxygen atoms in total. The summed E-state index contributed by atoms with van der Waals surface area (Å²) in [6.45, 7) is 6.79. The number of ether oxygens (including phenoxy) is 1. The first kappa shape index (κ1) is 18.0. The largest absolute Gasteiger partial charge is 0.483 e. The summed E-state index contributed by atoms with van der Waals surface area (Å²) in [5.41, 5.74) is 3.35. The third kappa shape index (κ3) is 4.23. The summed E-state index contributed by atoms with van der Waals surface area (Å²) in [5.74, 6) is 1.03. The van der Waals surface area contributed by atoms with Crippen molar-refractivity contribution >= 4 is 16.7 Å². The summed E-state index contributed by atoms with van der Waals surface area (Å²) in [4.78, 5) is 12.3. The second-order valence-corrected chi connectivity index (χ2v) is 6.90. The monoisotopic (exact) mass is 347 g/mol. The summed E-state index contributed by atoms with van der Waals surface area (Å²) in [5, 5.41) is 5.30. The molecule has 3 rings (SSSR count). The van der Waals surface area contributed by atoms with Gasteiger partial charge in [0.1, 0.15) is 5.75 Å². The van der Waals surface area contributed by atoms with Gasteiger partial charge in [0, 0.05) is 6.54 Å². The Morgan fingerprint density at radius 3 is 2.62 bits per heavy atom. The minimum Gasteiger partial charge on any atom is -0.483 e. The van der Waals surface area contributed by atoms with Crippen LogP contribution in [0.25, 0.3) is 10.8 Å². The van der Waals surface area contributed by atoms with Crippen LogP contribution in [0.3, 0.4) is 0 Å². The minimum absolute atomic E-state index is 0.0218. The molecular weight excluding hydrogens is 322 g/mol. The lowest BCUT2D eigenvalue weighted by Crippen LogP contribution is -2.28. The molecule has 0 aliphatic carbocycles. The molecule has 0 atom stereocenters. The summed E-state index contributed by atoms with van der Waals surface area (Å²) >= 11 is 0. The molecule has 3 aromatic carbocycles. The molecule has 0 radical (unpaired) electrons. The highest BCUT2D eigenvalue weighted by atomic mass is 16.5. The highest BCUT2D eigenvalue weighted by molar-refractivity contribution is 5.86. The van der Waals surface area contributed by atoms with Crippen molar-refractivity contribution in [1.82, 2.24) is 5.32 Å².